The molecule has 0 unspecified atom stereocenters. The minimum absolute atomic E-state index is 0.0567. The molecule has 0 radical (unpaired) electrons. The Bertz CT molecular complexity index is 1840. The third-order valence-corrected chi connectivity index (χ3v) is 9.89. The van der Waals surface area contributed by atoms with E-state index in [1.807, 2.05) is 44.2 Å². The molecule has 0 saturated carbocycles. The minimum Gasteiger partial charge on any atom is -0.486 e. The Morgan fingerprint density at radius 2 is 1.56 bits per heavy atom. The third-order valence-electron chi connectivity index (χ3n) is 7.75. The van der Waals surface area contributed by atoms with E-state index < -0.39 is 40.2 Å². The summed E-state index contributed by atoms with van der Waals surface area (Å²) in [4.78, 5) is 29.7. The van der Waals surface area contributed by atoms with Crippen LogP contribution in [0.15, 0.2) is 102 Å². The Morgan fingerprint density at radius 1 is 0.896 bits per heavy atom. The van der Waals surface area contributed by atoms with Crippen LogP contribution in [0.1, 0.15) is 25.0 Å². The maximum atomic E-state index is 14.6. The number of carbonyl (C=O) groups excluding carboxylic acids is 2. The molecule has 1 atom stereocenters. The van der Waals surface area contributed by atoms with Crippen molar-refractivity contribution in [2.75, 3.05) is 30.6 Å². The lowest BCUT2D eigenvalue weighted by Gasteiger charge is -2.34. The van der Waals surface area contributed by atoms with Crippen LogP contribution in [0, 0.1) is 11.7 Å². The Hall–Kier alpha value is -4.61. The molecule has 2 amide bonds. The first kappa shape index (κ1) is 34.7. The number of benzene rings is 4. The zero-order chi connectivity index (χ0) is 34.3. The van der Waals surface area contributed by atoms with Crippen LogP contribution in [0.3, 0.4) is 0 Å². The molecule has 4 aromatic carbocycles. The Balaban J connectivity index is 1.57. The van der Waals surface area contributed by atoms with E-state index in [1.165, 1.54) is 35.2 Å². The second-order valence-corrected chi connectivity index (χ2v) is 14.0. The highest BCUT2D eigenvalue weighted by Crippen LogP contribution is 2.34. The fraction of sp³-hybridized carbons (Fsp3) is 0.278. The van der Waals surface area contributed by atoms with Crippen molar-refractivity contribution in [2.24, 2.45) is 5.92 Å². The summed E-state index contributed by atoms with van der Waals surface area (Å²) >= 11 is 6.54. The second-order valence-electron chi connectivity index (χ2n) is 11.8. The van der Waals surface area contributed by atoms with Crippen LogP contribution in [0.2, 0.25) is 5.02 Å². The Labute approximate surface area is 285 Å². The number of rotatable bonds is 13. The molecule has 0 spiro atoms. The number of carbonyl (C=O) groups is 2. The second kappa shape index (κ2) is 15.5. The van der Waals surface area contributed by atoms with E-state index >= 15 is 0 Å². The molecular formula is C36H37ClFN3O6S. The Kier molecular flexibility index (Phi) is 11.2. The predicted octanol–water partition coefficient (Wildman–Crippen LogP) is 5.86. The number of ether oxygens (including phenoxy) is 2. The monoisotopic (exact) mass is 693 g/mol. The number of hydrogen-bond donors (Lipinski definition) is 1. The van der Waals surface area contributed by atoms with Crippen LogP contribution in [-0.4, -0.2) is 57.5 Å². The molecule has 252 valence electrons. The average Bonchev–Trinajstić information content (AvgIpc) is 3.09. The molecule has 1 N–H and O–H groups in total. The molecule has 1 aliphatic heterocycles. The van der Waals surface area contributed by atoms with Crippen molar-refractivity contribution in [1.29, 1.82) is 0 Å². The molecule has 1 aliphatic rings. The smallest absolute Gasteiger partial charge is 0.264 e. The molecule has 0 aliphatic carbocycles. The highest BCUT2D eigenvalue weighted by molar-refractivity contribution is 7.92. The van der Waals surface area contributed by atoms with E-state index in [9.17, 15) is 22.4 Å². The topological polar surface area (TPSA) is 105 Å². The van der Waals surface area contributed by atoms with E-state index in [0.717, 1.165) is 22.0 Å². The number of fused-ring (bicyclic) bond motifs is 1. The lowest BCUT2D eigenvalue weighted by atomic mass is 10.0. The molecule has 0 bridgehead atoms. The number of amides is 2. The van der Waals surface area contributed by atoms with Gasteiger partial charge in [-0.25, -0.2) is 12.8 Å². The zero-order valence-electron chi connectivity index (χ0n) is 26.6. The van der Waals surface area contributed by atoms with Gasteiger partial charge in [0.05, 0.1) is 10.6 Å². The van der Waals surface area contributed by atoms with E-state index in [0.29, 0.717) is 29.5 Å². The van der Waals surface area contributed by atoms with Gasteiger partial charge in [0.2, 0.25) is 11.8 Å². The number of nitrogens with one attached hydrogen (secondary N) is 1. The maximum absolute atomic E-state index is 14.6. The Morgan fingerprint density at radius 3 is 2.25 bits per heavy atom. The summed E-state index contributed by atoms with van der Waals surface area (Å²) in [5.41, 5.74) is 1.44. The summed E-state index contributed by atoms with van der Waals surface area (Å²) in [5.74, 6) is -0.850. The van der Waals surface area contributed by atoms with Gasteiger partial charge in [-0.3, -0.25) is 13.9 Å². The van der Waals surface area contributed by atoms with Crippen molar-refractivity contribution < 1.29 is 31.9 Å². The molecule has 1 heterocycles. The standard InChI is InChI=1S/C36H37ClFN3O6S/c1-25(2)22-39-36(43)32(20-26-8-4-3-5-9-26)40(23-27-10-6-7-11-31(27)37)35(42)24-41(29-14-12-28(38)13-15-29)48(44,45)30-16-17-33-34(21-30)47-19-18-46-33/h3-17,21,25,32H,18-20,22-24H2,1-2H3,(H,39,43)/t32-/m0/s1. The maximum Gasteiger partial charge on any atom is 0.264 e. The van der Waals surface area contributed by atoms with Crippen molar-refractivity contribution in [3.05, 3.63) is 119 Å². The van der Waals surface area contributed by atoms with Gasteiger partial charge in [-0.1, -0.05) is 74.0 Å². The molecule has 0 saturated heterocycles. The lowest BCUT2D eigenvalue weighted by Crippen LogP contribution is -2.53. The molecule has 0 fully saturated rings. The van der Waals surface area contributed by atoms with Crippen molar-refractivity contribution in [2.45, 2.75) is 37.8 Å². The van der Waals surface area contributed by atoms with Crippen molar-refractivity contribution in [3.8, 4) is 11.5 Å². The van der Waals surface area contributed by atoms with E-state index in [-0.39, 0.29) is 41.8 Å². The number of halogens is 2. The zero-order valence-corrected chi connectivity index (χ0v) is 28.2. The van der Waals surface area contributed by atoms with Gasteiger partial charge in [0.25, 0.3) is 10.0 Å². The van der Waals surface area contributed by atoms with Gasteiger partial charge in [-0.2, -0.15) is 0 Å². The summed E-state index contributed by atoms with van der Waals surface area (Å²) in [6.45, 7) is 4.09. The van der Waals surface area contributed by atoms with Gasteiger partial charge < -0.3 is 19.7 Å². The number of hydrogen-bond acceptors (Lipinski definition) is 6. The van der Waals surface area contributed by atoms with Crippen LogP contribution in [0.25, 0.3) is 0 Å². The van der Waals surface area contributed by atoms with Gasteiger partial charge in [0.1, 0.15) is 31.6 Å². The number of sulfonamides is 1. The van der Waals surface area contributed by atoms with E-state index in [1.54, 1.807) is 24.3 Å². The van der Waals surface area contributed by atoms with Crippen LogP contribution < -0.4 is 19.1 Å². The summed E-state index contributed by atoms with van der Waals surface area (Å²) in [6, 6.07) is 24.2. The average molecular weight is 694 g/mol. The van der Waals surface area contributed by atoms with Crippen LogP contribution in [0.4, 0.5) is 10.1 Å². The van der Waals surface area contributed by atoms with Gasteiger partial charge in [-0.15, -0.1) is 0 Å². The van der Waals surface area contributed by atoms with Gasteiger partial charge in [0, 0.05) is 30.6 Å². The van der Waals surface area contributed by atoms with Gasteiger partial charge >= 0.3 is 0 Å². The molecular weight excluding hydrogens is 657 g/mol. The van der Waals surface area contributed by atoms with E-state index in [2.05, 4.69) is 5.32 Å². The van der Waals surface area contributed by atoms with Crippen molar-refractivity contribution >= 4 is 39.1 Å². The lowest BCUT2D eigenvalue weighted by molar-refractivity contribution is -0.140. The molecule has 4 aromatic rings. The molecule has 48 heavy (non-hydrogen) atoms. The fourth-order valence-electron chi connectivity index (χ4n) is 5.23. The SMILES string of the molecule is CC(C)CNC(=O)[C@H](Cc1ccccc1)N(Cc1ccccc1Cl)C(=O)CN(c1ccc(F)cc1)S(=O)(=O)c1ccc2c(c1)OCCO2. The summed E-state index contributed by atoms with van der Waals surface area (Å²) in [6.07, 6.45) is 0.159. The first-order valence-corrected chi connectivity index (χ1v) is 17.4. The minimum atomic E-state index is -4.44. The normalized spacial score (nSPS) is 13.1. The van der Waals surface area contributed by atoms with Crippen LogP contribution in [-0.2, 0) is 32.6 Å². The first-order valence-electron chi connectivity index (χ1n) is 15.6. The highest BCUT2D eigenvalue weighted by atomic mass is 35.5. The summed E-state index contributed by atoms with van der Waals surface area (Å²) < 4.78 is 54.7. The molecule has 12 heteroatoms. The molecule has 5 rings (SSSR count). The van der Waals surface area contributed by atoms with Crippen LogP contribution in [0.5, 0.6) is 11.5 Å². The largest absolute Gasteiger partial charge is 0.486 e. The molecule has 0 aromatic heterocycles. The predicted molar refractivity (Wildman–Crippen MR) is 182 cm³/mol. The van der Waals surface area contributed by atoms with Crippen LogP contribution >= 0.6 is 11.6 Å². The van der Waals surface area contributed by atoms with E-state index in [4.69, 9.17) is 21.1 Å². The fourth-order valence-corrected chi connectivity index (χ4v) is 6.86. The van der Waals surface area contributed by atoms with Gasteiger partial charge in [0.15, 0.2) is 11.5 Å². The summed E-state index contributed by atoms with van der Waals surface area (Å²) in [5, 5.41) is 3.33. The van der Waals surface area contributed by atoms with Crippen molar-refractivity contribution in [1.82, 2.24) is 10.2 Å². The molecule has 9 nitrogen and oxygen atoms in total. The van der Waals surface area contributed by atoms with Crippen molar-refractivity contribution in [3.63, 3.8) is 0 Å². The quantitative estimate of drug-likeness (QED) is 0.188. The third kappa shape index (κ3) is 8.45. The van der Waals surface area contributed by atoms with Gasteiger partial charge in [-0.05, 0) is 59.5 Å². The number of anilines is 1. The highest BCUT2D eigenvalue weighted by Gasteiger charge is 2.35. The number of nitrogens with zero attached hydrogens (tertiary/aromatic N) is 2. The summed E-state index contributed by atoms with van der Waals surface area (Å²) in [7, 11) is -4.44. The first-order chi connectivity index (χ1) is 23.0.